The molecule has 0 saturated heterocycles. The molecule has 3 rings (SSSR count). The van der Waals surface area contributed by atoms with E-state index in [9.17, 15) is 19.8 Å². The van der Waals surface area contributed by atoms with Crippen LogP contribution >= 0.6 is 11.3 Å². The number of benzene rings is 1. The van der Waals surface area contributed by atoms with Gasteiger partial charge < -0.3 is 14.9 Å². The van der Waals surface area contributed by atoms with Crippen molar-refractivity contribution in [3.8, 4) is 10.6 Å². The highest BCUT2D eigenvalue weighted by Gasteiger charge is 2.42. The number of carbonyl (C=O) groups is 2. The number of rotatable bonds is 3. The van der Waals surface area contributed by atoms with Gasteiger partial charge in [0.15, 0.2) is 0 Å². The van der Waals surface area contributed by atoms with E-state index in [-0.39, 0.29) is 18.1 Å². The first-order chi connectivity index (χ1) is 18.0. The number of allylic oxidation sites excluding steroid dienone is 1. The van der Waals surface area contributed by atoms with Crippen LogP contribution in [-0.4, -0.2) is 45.3 Å². The van der Waals surface area contributed by atoms with Crippen molar-refractivity contribution in [3.63, 3.8) is 0 Å². The van der Waals surface area contributed by atoms with Gasteiger partial charge in [0.1, 0.15) is 16.9 Å². The molecule has 2 N–H and O–H groups in total. The number of hydrogen-bond donors (Lipinski definition) is 2. The fraction of sp³-hybridized carbons (Fsp3) is 0.516. The smallest absolute Gasteiger partial charge is 0.309 e. The Morgan fingerprint density at radius 2 is 1.84 bits per heavy atom. The lowest BCUT2D eigenvalue weighted by Gasteiger charge is -2.34. The van der Waals surface area contributed by atoms with E-state index in [2.05, 4.69) is 6.08 Å². The molecule has 0 unspecified atom stereocenters. The zero-order valence-corrected chi connectivity index (χ0v) is 23.9. The quantitative estimate of drug-likeness (QED) is 0.354. The number of nitrogens with zero attached hydrogens (tertiary/aromatic N) is 1. The molecule has 0 amide bonds. The van der Waals surface area contributed by atoms with Gasteiger partial charge in [0.05, 0.1) is 29.7 Å². The maximum Gasteiger partial charge on any atom is 0.309 e. The maximum absolute atomic E-state index is 13.2. The van der Waals surface area contributed by atoms with Crippen molar-refractivity contribution in [2.45, 2.75) is 85.0 Å². The SMILES string of the molecule is C/C(=C\c1csc(-c2ccccc2)n1)[C@H]1C/C=C\CCC[C@@H](C)[C@@H](O)[C@@H](C)C(=O)C(C)(C)[C@@H](O)CC(=O)O1. The summed E-state index contributed by atoms with van der Waals surface area (Å²) in [5.74, 6) is -1.52. The summed E-state index contributed by atoms with van der Waals surface area (Å²) in [5.41, 5.74) is 1.50. The Morgan fingerprint density at radius 3 is 2.55 bits per heavy atom. The normalized spacial score (nSPS) is 29.0. The van der Waals surface area contributed by atoms with E-state index in [1.165, 1.54) is 0 Å². The van der Waals surface area contributed by atoms with Crippen LogP contribution in [0.5, 0.6) is 0 Å². The second-order valence-corrected chi connectivity index (χ2v) is 11.9. The van der Waals surface area contributed by atoms with E-state index in [0.29, 0.717) is 6.42 Å². The molecule has 5 atom stereocenters. The average molecular weight is 540 g/mol. The third-order valence-electron chi connectivity index (χ3n) is 7.58. The number of hydrogen-bond acceptors (Lipinski definition) is 7. The standard InChI is InChI=1S/C31H41NO5S/c1-20-13-9-6-7-12-16-25(21(2)17-24-19-38-30(32-24)23-14-10-8-11-15-23)37-27(34)18-26(33)31(4,5)29(36)22(3)28(20)35/h7-8,10-12,14-15,17,19-20,22,25-26,28,33,35H,6,9,13,16,18H2,1-5H3/b12-7-,21-17+/t20-,22-,25-,26+,28-/m1/s1. The molecule has 0 aliphatic carbocycles. The minimum Gasteiger partial charge on any atom is -0.457 e. The second kappa shape index (κ2) is 13.5. The summed E-state index contributed by atoms with van der Waals surface area (Å²) in [4.78, 5) is 30.9. The monoisotopic (exact) mass is 539 g/mol. The Hall–Kier alpha value is -2.61. The minimum absolute atomic E-state index is 0.0509. The molecule has 206 valence electrons. The van der Waals surface area contributed by atoms with E-state index in [4.69, 9.17) is 9.72 Å². The average Bonchev–Trinajstić information content (AvgIpc) is 3.36. The fourth-order valence-electron chi connectivity index (χ4n) is 4.80. The van der Waals surface area contributed by atoms with E-state index in [1.54, 1.807) is 32.1 Å². The zero-order chi connectivity index (χ0) is 27.9. The van der Waals surface area contributed by atoms with Crippen LogP contribution in [-0.2, 0) is 14.3 Å². The van der Waals surface area contributed by atoms with Crippen molar-refractivity contribution < 1.29 is 24.5 Å². The molecule has 2 aromatic rings. The molecule has 1 aromatic heterocycles. The molecule has 0 fully saturated rings. The number of carbonyl (C=O) groups excluding carboxylic acids is 2. The summed E-state index contributed by atoms with van der Waals surface area (Å²) in [5, 5.41) is 24.5. The Bertz CT molecular complexity index is 1140. The first kappa shape index (κ1) is 29.9. The Kier molecular flexibility index (Phi) is 10.6. The van der Waals surface area contributed by atoms with Crippen LogP contribution in [0, 0.1) is 17.3 Å². The van der Waals surface area contributed by atoms with Gasteiger partial charge in [-0.25, -0.2) is 4.98 Å². The van der Waals surface area contributed by atoms with Crippen molar-refractivity contribution in [1.29, 1.82) is 0 Å². The predicted octanol–water partition coefficient (Wildman–Crippen LogP) is 6.23. The fourth-order valence-corrected chi connectivity index (χ4v) is 5.59. The lowest BCUT2D eigenvalue weighted by molar-refractivity contribution is -0.154. The molecule has 1 aliphatic heterocycles. The third-order valence-corrected chi connectivity index (χ3v) is 8.49. The lowest BCUT2D eigenvalue weighted by Crippen LogP contribution is -2.45. The number of aliphatic hydroxyl groups is 2. The van der Waals surface area contributed by atoms with Crippen molar-refractivity contribution in [2.24, 2.45) is 17.3 Å². The van der Waals surface area contributed by atoms with Crippen molar-refractivity contribution in [2.75, 3.05) is 0 Å². The number of cyclic esters (lactones) is 1. The van der Waals surface area contributed by atoms with E-state index in [0.717, 1.165) is 41.1 Å². The Balaban J connectivity index is 1.82. The molecule has 38 heavy (non-hydrogen) atoms. The van der Waals surface area contributed by atoms with Gasteiger partial charge in [-0.15, -0.1) is 11.3 Å². The predicted molar refractivity (Wildman–Crippen MR) is 152 cm³/mol. The lowest BCUT2D eigenvalue weighted by atomic mass is 9.73. The molecular formula is C31H41NO5S. The molecule has 7 heteroatoms. The number of thiazole rings is 1. The van der Waals surface area contributed by atoms with Crippen LogP contribution in [0.25, 0.3) is 16.6 Å². The van der Waals surface area contributed by atoms with Gasteiger partial charge in [0.2, 0.25) is 0 Å². The van der Waals surface area contributed by atoms with Gasteiger partial charge >= 0.3 is 5.97 Å². The Morgan fingerprint density at radius 1 is 1.13 bits per heavy atom. The van der Waals surface area contributed by atoms with Crippen molar-refractivity contribution >= 4 is 29.2 Å². The zero-order valence-electron chi connectivity index (χ0n) is 23.1. The van der Waals surface area contributed by atoms with Crippen LogP contribution in [0.3, 0.4) is 0 Å². The molecule has 6 nitrogen and oxygen atoms in total. The molecule has 0 bridgehead atoms. The molecule has 0 saturated carbocycles. The topological polar surface area (TPSA) is 96.7 Å². The Labute approximate surface area is 230 Å². The van der Waals surface area contributed by atoms with Crippen molar-refractivity contribution in [3.05, 3.63) is 59.1 Å². The summed E-state index contributed by atoms with van der Waals surface area (Å²) in [6, 6.07) is 9.98. The second-order valence-electron chi connectivity index (χ2n) is 11.0. The van der Waals surface area contributed by atoms with Crippen LogP contribution in [0.15, 0.2) is 53.4 Å². The van der Waals surface area contributed by atoms with Crippen LogP contribution in [0.4, 0.5) is 0 Å². The molecule has 1 aliphatic rings. The summed E-state index contributed by atoms with van der Waals surface area (Å²) >= 11 is 1.56. The maximum atomic E-state index is 13.2. The first-order valence-corrected chi connectivity index (χ1v) is 14.3. The van der Waals surface area contributed by atoms with E-state index < -0.39 is 35.6 Å². The number of esters is 1. The van der Waals surface area contributed by atoms with Crippen LogP contribution in [0.2, 0.25) is 0 Å². The molecule has 1 aromatic carbocycles. The van der Waals surface area contributed by atoms with Gasteiger partial charge in [0.25, 0.3) is 0 Å². The van der Waals surface area contributed by atoms with Gasteiger partial charge in [0, 0.05) is 23.3 Å². The number of Topliss-reactive ketones (excluding diaryl/α,β-unsaturated/α-hetero) is 1. The largest absolute Gasteiger partial charge is 0.457 e. The molecule has 0 radical (unpaired) electrons. The molecule has 2 heterocycles. The number of aliphatic hydroxyl groups excluding tert-OH is 2. The summed E-state index contributed by atoms with van der Waals surface area (Å²) in [6.07, 6.45) is 6.17. The summed E-state index contributed by atoms with van der Waals surface area (Å²) < 4.78 is 5.84. The van der Waals surface area contributed by atoms with Gasteiger partial charge in [-0.05, 0) is 43.8 Å². The summed E-state index contributed by atoms with van der Waals surface area (Å²) in [7, 11) is 0. The highest BCUT2D eigenvalue weighted by atomic mass is 32.1. The van der Waals surface area contributed by atoms with Gasteiger partial charge in [-0.3, -0.25) is 9.59 Å². The molecular weight excluding hydrogens is 498 g/mol. The van der Waals surface area contributed by atoms with Crippen LogP contribution < -0.4 is 0 Å². The van der Waals surface area contributed by atoms with E-state index >= 15 is 0 Å². The minimum atomic E-state index is -1.23. The van der Waals surface area contributed by atoms with Crippen molar-refractivity contribution in [1.82, 2.24) is 4.98 Å². The molecule has 0 spiro atoms. The number of ether oxygens (including phenoxy) is 1. The number of ketones is 1. The van der Waals surface area contributed by atoms with E-state index in [1.807, 2.05) is 61.7 Å². The third kappa shape index (κ3) is 7.71. The number of aromatic nitrogens is 1. The van der Waals surface area contributed by atoms with Crippen LogP contribution in [0.1, 0.15) is 72.4 Å². The first-order valence-electron chi connectivity index (χ1n) is 13.4. The summed E-state index contributed by atoms with van der Waals surface area (Å²) in [6.45, 7) is 8.82. The van der Waals surface area contributed by atoms with Gasteiger partial charge in [-0.1, -0.05) is 70.2 Å². The van der Waals surface area contributed by atoms with Gasteiger partial charge in [-0.2, -0.15) is 0 Å². The highest BCUT2D eigenvalue weighted by molar-refractivity contribution is 7.13. The highest BCUT2D eigenvalue weighted by Crippen LogP contribution is 2.32.